The molecule has 9 heteroatoms. The van der Waals surface area contributed by atoms with E-state index in [2.05, 4.69) is 0 Å². The van der Waals surface area contributed by atoms with Gasteiger partial charge in [-0.25, -0.2) is 13.2 Å². The van der Waals surface area contributed by atoms with Crippen molar-refractivity contribution in [2.45, 2.75) is 26.3 Å². The van der Waals surface area contributed by atoms with Gasteiger partial charge >= 0.3 is 5.97 Å². The molecule has 0 radical (unpaired) electrons. The molecule has 1 aromatic carbocycles. The summed E-state index contributed by atoms with van der Waals surface area (Å²) in [4.78, 5) is 38.8. The molecule has 1 atom stereocenters. The summed E-state index contributed by atoms with van der Waals surface area (Å²) in [5, 5.41) is 1.78. The van der Waals surface area contributed by atoms with Crippen LogP contribution in [0.3, 0.4) is 0 Å². The number of hydrogen-bond donors (Lipinski definition) is 0. The van der Waals surface area contributed by atoms with E-state index in [1.807, 2.05) is 11.5 Å². The third kappa shape index (κ3) is 4.69. The Morgan fingerprint density at radius 3 is 2.42 bits per heavy atom. The summed E-state index contributed by atoms with van der Waals surface area (Å²) in [7, 11) is -3.07. The minimum absolute atomic E-state index is 0.0566. The summed E-state index contributed by atoms with van der Waals surface area (Å²) >= 11 is 1.28. The lowest BCUT2D eigenvalue weighted by atomic mass is 10.0. The maximum atomic E-state index is 12.8. The number of sulfone groups is 1. The first-order chi connectivity index (χ1) is 15.7. The van der Waals surface area contributed by atoms with Crippen molar-refractivity contribution in [3.05, 3.63) is 80.8 Å². The molecule has 1 aliphatic rings. The van der Waals surface area contributed by atoms with Crippen molar-refractivity contribution < 1.29 is 27.5 Å². The second-order valence-corrected chi connectivity index (χ2v) is 11.2. The van der Waals surface area contributed by atoms with Crippen LogP contribution in [0, 0.1) is 13.8 Å². The lowest BCUT2D eigenvalue weighted by Crippen LogP contribution is -2.18. The second-order valence-electron chi connectivity index (χ2n) is 8.06. The smallest absolute Gasteiger partial charge is 0.339 e. The number of carbonyl (C=O) groups is 3. The molecule has 0 bridgehead atoms. The topological polar surface area (TPSA) is 99.5 Å². The van der Waals surface area contributed by atoms with Crippen LogP contribution in [-0.2, 0) is 14.6 Å². The van der Waals surface area contributed by atoms with Crippen molar-refractivity contribution in [3.8, 4) is 0 Å². The Bertz CT molecular complexity index is 1340. The number of ether oxygens (including phenoxy) is 1. The highest BCUT2D eigenvalue weighted by Gasteiger charge is 2.32. The zero-order valence-electron chi connectivity index (χ0n) is 18.2. The van der Waals surface area contributed by atoms with Gasteiger partial charge in [0.15, 0.2) is 16.4 Å². The van der Waals surface area contributed by atoms with E-state index in [0.29, 0.717) is 22.6 Å². The van der Waals surface area contributed by atoms with Crippen LogP contribution in [0.4, 0.5) is 0 Å². The molecule has 1 fully saturated rings. The zero-order chi connectivity index (χ0) is 23.8. The van der Waals surface area contributed by atoms with Gasteiger partial charge in [-0.05, 0) is 43.8 Å². The van der Waals surface area contributed by atoms with E-state index in [0.717, 1.165) is 5.69 Å². The molecule has 0 unspecified atom stereocenters. The molecule has 0 N–H and O–H groups in total. The molecule has 172 valence electrons. The number of thiophene rings is 1. The molecule has 1 aliphatic heterocycles. The van der Waals surface area contributed by atoms with Crippen molar-refractivity contribution in [2.24, 2.45) is 0 Å². The summed E-state index contributed by atoms with van der Waals surface area (Å²) in [5.41, 5.74) is 2.16. The summed E-state index contributed by atoms with van der Waals surface area (Å²) in [6, 6.07) is 11.3. The van der Waals surface area contributed by atoms with Crippen LogP contribution in [0.2, 0.25) is 0 Å². The first-order valence-corrected chi connectivity index (χ1v) is 13.1. The summed E-state index contributed by atoms with van der Waals surface area (Å²) in [6.07, 6.45) is 0.510. The molecule has 7 nitrogen and oxygen atoms in total. The molecule has 4 rings (SSSR count). The fraction of sp³-hybridized carbons (Fsp3) is 0.292. The van der Waals surface area contributed by atoms with E-state index in [9.17, 15) is 22.8 Å². The number of esters is 1. The van der Waals surface area contributed by atoms with Gasteiger partial charge in [0, 0.05) is 28.6 Å². The molecule has 33 heavy (non-hydrogen) atoms. The van der Waals surface area contributed by atoms with Crippen molar-refractivity contribution in [1.29, 1.82) is 0 Å². The van der Waals surface area contributed by atoms with Gasteiger partial charge in [-0.1, -0.05) is 24.3 Å². The Labute approximate surface area is 195 Å². The Kier molecular flexibility index (Phi) is 6.36. The van der Waals surface area contributed by atoms with Crippen LogP contribution in [-0.4, -0.2) is 48.6 Å². The third-order valence-corrected chi connectivity index (χ3v) is 8.45. The van der Waals surface area contributed by atoms with Crippen LogP contribution >= 0.6 is 11.3 Å². The van der Waals surface area contributed by atoms with Crippen molar-refractivity contribution in [2.75, 3.05) is 18.1 Å². The van der Waals surface area contributed by atoms with E-state index in [-0.39, 0.29) is 40.2 Å². The van der Waals surface area contributed by atoms with E-state index >= 15 is 0 Å². The predicted octanol–water partition coefficient (Wildman–Crippen LogP) is 3.80. The van der Waals surface area contributed by atoms with Gasteiger partial charge in [0.05, 0.1) is 21.9 Å². The van der Waals surface area contributed by atoms with Gasteiger partial charge in [0.1, 0.15) is 0 Å². The van der Waals surface area contributed by atoms with Gasteiger partial charge in [0.25, 0.3) is 0 Å². The van der Waals surface area contributed by atoms with E-state index in [4.69, 9.17) is 4.74 Å². The molecule has 3 heterocycles. The van der Waals surface area contributed by atoms with Gasteiger partial charge in [-0.15, -0.1) is 11.3 Å². The number of Topliss-reactive ketones (excluding diaryl/α,β-unsaturated/α-hetero) is 1. The SMILES string of the molecule is Cc1cc(C(=O)COC(=O)c2ccccc2C(=O)c2cccs2)c(C)n1[C@H]1CCS(=O)(=O)C1. The molecule has 2 aromatic heterocycles. The summed E-state index contributed by atoms with van der Waals surface area (Å²) in [5.74, 6) is -1.22. The van der Waals surface area contributed by atoms with E-state index < -0.39 is 22.4 Å². The number of aromatic nitrogens is 1. The van der Waals surface area contributed by atoms with Crippen LogP contribution in [0.1, 0.15) is 59.8 Å². The minimum atomic E-state index is -3.07. The highest BCUT2D eigenvalue weighted by Crippen LogP contribution is 2.29. The fourth-order valence-corrected chi connectivity index (χ4v) is 6.66. The molecular weight excluding hydrogens is 462 g/mol. The molecule has 1 saturated heterocycles. The highest BCUT2D eigenvalue weighted by molar-refractivity contribution is 7.91. The van der Waals surface area contributed by atoms with Crippen LogP contribution < -0.4 is 0 Å². The second kappa shape index (κ2) is 9.07. The maximum absolute atomic E-state index is 12.8. The normalized spacial score (nSPS) is 17.1. The average molecular weight is 486 g/mol. The Morgan fingerprint density at radius 1 is 1.06 bits per heavy atom. The summed E-state index contributed by atoms with van der Waals surface area (Å²) in [6.45, 7) is 3.11. The summed E-state index contributed by atoms with van der Waals surface area (Å²) < 4.78 is 30.9. The first-order valence-electron chi connectivity index (χ1n) is 10.4. The lowest BCUT2D eigenvalue weighted by molar-refractivity contribution is 0.0472. The minimum Gasteiger partial charge on any atom is -0.454 e. The van der Waals surface area contributed by atoms with Crippen molar-refractivity contribution in [3.63, 3.8) is 0 Å². The van der Waals surface area contributed by atoms with Crippen LogP contribution in [0.15, 0.2) is 47.8 Å². The van der Waals surface area contributed by atoms with Crippen molar-refractivity contribution in [1.82, 2.24) is 4.57 Å². The average Bonchev–Trinajstić information content (AvgIpc) is 3.51. The third-order valence-electron chi connectivity index (χ3n) is 5.83. The lowest BCUT2D eigenvalue weighted by Gasteiger charge is -2.16. The quantitative estimate of drug-likeness (QED) is 0.373. The van der Waals surface area contributed by atoms with Gasteiger partial charge in [-0.2, -0.15) is 0 Å². The van der Waals surface area contributed by atoms with Gasteiger partial charge < -0.3 is 9.30 Å². The largest absolute Gasteiger partial charge is 0.454 e. The predicted molar refractivity (Wildman–Crippen MR) is 125 cm³/mol. The van der Waals surface area contributed by atoms with Crippen LogP contribution in [0.5, 0.6) is 0 Å². The Balaban J connectivity index is 1.49. The van der Waals surface area contributed by atoms with E-state index in [1.165, 1.54) is 17.4 Å². The molecular formula is C24H23NO6S2. The monoisotopic (exact) mass is 485 g/mol. The number of nitrogens with zero attached hydrogens (tertiary/aromatic N) is 1. The van der Waals surface area contributed by atoms with Crippen molar-refractivity contribution >= 4 is 38.7 Å². The molecule has 0 amide bonds. The van der Waals surface area contributed by atoms with E-state index in [1.54, 1.807) is 48.7 Å². The zero-order valence-corrected chi connectivity index (χ0v) is 19.9. The first kappa shape index (κ1) is 23.1. The molecule has 0 spiro atoms. The number of hydrogen-bond acceptors (Lipinski definition) is 7. The maximum Gasteiger partial charge on any atom is 0.339 e. The number of rotatable bonds is 7. The number of carbonyl (C=O) groups excluding carboxylic acids is 3. The molecule has 0 aliphatic carbocycles. The number of benzene rings is 1. The highest BCUT2D eigenvalue weighted by atomic mass is 32.2. The van der Waals surface area contributed by atoms with Gasteiger partial charge in [0.2, 0.25) is 11.6 Å². The van der Waals surface area contributed by atoms with Gasteiger partial charge in [-0.3, -0.25) is 9.59 Å². The standard InChI is InChI=1S/C24H23NO6S2/c1-15-12-20(16(2)25(15)17-9-11-33(29,30)14-17)21(26)13-31-24(28)19-7-4-3-6-18(19)23(27)22-8-5-10-32-22/h3-8,10,12,17H,9,11,13-14H2,1-2H3/t17-/m0/s1. The molecule has 3 aromatic rings. The van der Waals surface area contributed by atoms with Crippen LogP contribution in [0.25, 0.3) is 0 Å². The number of ketones is 2. The number of aryl methyl sites for hydroxylation is 1. The Morgan fingerprint density at radius 2 is 1.79 bits per heavy atom. The Hall–Kier alpha value is -3.04. The molecule has 0 saturated carbocycles. The fourth-order valence-electron chi connectivity index (χ4n) is 4.29.